The molecule has 2 fully saturated rings. The van der Waals surface area contributed by atoms with Crippen molar-refractivity contribution in [3.63, 3.8) is 0 Å². The van der Waals surface area contributed by atoms with Gasteiger partial charge in [-0.2, -0.15) is 0 Å². The molecule has 29 heavy (non-hydrogen) atoms. The van der Waals surface area contributed by atoms with E-state index in [1.54, 1.807) is 7.05 Å². The molecule has 0 radical (unpaired) electrons. The summed E-state index contributed by atoms with van der Waals surface area (Å²) < 4.78 is 32.8. The van der Waals surface area contributed by atoms with E-state index in [0.717, 1.165) is 77.3 Å². The largest absolute Gasteiger partial charge is 0.379 e. The molecule has 2 heterocycles. The summed E-state index contributed by atoms with van der Waals surface area (Å²) in [6.07, 6.45) is 2.24. The first kappa shape index (κ1) is 24.1. The van der Waals surface area contributed by atoms with Gasteiger partial charge in [0.05, 0.1) is 18.9 Å². The normalized spacial score (nSPS) is 18.5. The fourth-order valence-corrected chi connectivity index (χ4v) is 3.70. The van der Waals surface area contributed by atoms with Crippen LogP contribution in [0.15, 0.2) is 23.2 Å². The molecule has 0 unspecified atom stereocenters. The molecule has 0 amide bonds. The summed E-state index contributed by atoms with van der Waals surface area (Å²) in [5, 5.41) is 3.43. The molecule has 1 aromatic rings. The molecule has 0 aromatic heterocycles. The third-order valence-corrected chi connectivity index (χ3v) is 5.33. The Bertz CT molecular complexity index is 650. The van der Waals surface area contributed by atoms with Crippen molar-refractivity contribution in [2.45, 2.75) is 12.8 Å². The first-order valence-electron chi connectivity index (χ1n) is 10.1. The molecule has 1 aromatic carbocycles. The lowest BCUT2D eigenvalue weighted by atomic mass is 10.2. The maximum Gasteiger partial charge on any atom is 0.193 e. The number of aliphatic imine (C=N–C) groups is 1. The summed E-state index contributed by atoms with van der Waals surface area (Å²) in [4.78, 5) is 10.9. The fourth-order valence-electron chi connectivity index (χ4n) is 3.70. The highest BCUT2D eigenvalue weighted by Crippen LogP contribution is 2.21. The number of halogens is 3. The SMILES string of the molecule is CN=C(NCCCCN1CCOCC1)N1CCN(c2cc(F)ccc2F)CC1.I. The summed E-state index contributed by atoms with van der Waals surface area (Å²) in [5.74, 6) is 0.0942. The molecule has 3 rings (SSSR count). The molecule has 2 aliphatic rings. The van der Waals surface area contributed by atoms with Crippen LogP contribution in [0.1, 0.15) is 12.8 Å². The Morgan fingerprint density at radius 3 is 2.48 bits per heavy atom. The highest BCUT2D eigenvalue weighted by molar-refractivity contribution is 14.0. The van der Waals surface area contributed by atoms with Crippen LogP contribution < -0.4 is 10.2 Å². The van der Waals surface area contributed by atoms with Crippen LogP contribution in [-0.2, 0) is 4.74 Å². The number of hydrogen-bond acceptors (Lipinski definition) is 4. The number of nitrogens with zero attached hydrogens (tertiary/aromatic N) is 4. The fraction of sp³-hybridized carbons (Fsp3) is 0.650. The molecular formula is C20H32F2IN5O. The van der Waals surface area contributed by atoms with E-state index in [2.05, 4.69) is 20.1 Å². The Hall–Kier alpha value is -1.20. The lowest BCUT2D eigenvalue weighted by Crippen LogP contribution is -2.52. The molecule has 2 saturated heterocycles. The van der Waals surface area contributed by atoms with Crippen molar-refractivity contribution in [2.75, 3.05) is 77.5 Å². The zero-order chi connectivity index (χ0) is 19.8. The van der Waals surface area contributed by atoms with Gasteiger partial charge in [0.25, 0.3) is 0 Å². The molecule has 9 heteroatoms. The van der Waals surface area contributed by atoms with Gasteiger partial charge in [-0.25, -0.2) is 8.78 Å². The van der Waals surface area contributed by atoms with Crippen molar-refractivity contribution in [3.8, 4) is 0 Å². The molecule has 1 N–H and O–H groups in total. The van der Waals surface area contributed by atoms with Gasteiger partial charge < -0.3 is 19.9 Å². The first-order valence-corrected chi connectivity index (χ1v) is 10.1. The minimum atomic E-state index is -0.409. The van der Waals surface area contributed by atoms with Gasteiger partial charge in [-0.3, -0.25) is 9.89 Å². The monoisotopic (exact) mass is 523 g/mol. The third kappa shape index (κ3) is 7.21. The van der Waals surface area contributed by atoms with E-state index in [4.69, 9.17) is 4.74 Å². The summed E-state index contributed by atoms with van der Waals surface area (Å²) in [6, 6.07) is 3.61. The Morgan fingerprint density at radius 1 is 1.07 bits per heavy atom. The molecule has 6 nitrogen and oxygen atoms in total. The standard InChI is InChI=1S/C20H31F2N5O.HI/c1-23-20(24-6-2-3-7-25-12-14-28-15-13-25)27-10-8-26(9-11-27)19-16-17(21)4-5-18(19)22;/h4-5,16H,2-3,6-15H2,1H3,(H,23,24);1H. The Morgan fingerprint density at radius 2 is 1.79 bits per heavy atom. The molecule has 0 saturated carbocycles. The number of nitrogens with one attached hydrogen (secondary N) is 1. The number of piperazine rings is 1. The summed E-state index contributed by atoms with van der Waals surface area (Å²) in [7, 11) is 1.79. The third-order valence-electron chi connectivity index (χ3n) is 5.33. The Kier molecular flexibility index (Phi) is 10.4. The van der Waals surface area contributed by atoms with Crippen molar-refractivity contribution in [2.24, 2.45) is 4.99 Å². The zero-order valence-electron chi connectivity index (χ0n) is 17.1. The van der Waals surface area contributed by atoms with Crippen LogP contribution in [0.25, 0.3) is 0 Å². The predicted octanol–water partition coefficient (Wildman–Crippen LogP) is 2.39. The minimum Gasteiger partial charge on any atom is -0.379 e. The molecule has 164 valence electrons. The van der Waals surface area contributed by atoms with Crippen molar-refractivity contribution < 1.29 is 13.5 Å². The lowest BCUT2D eigenvalue weighted by Gasteiger charge is -2.37. The van der Waals surface area contributed by atoms with Gasteiger partial charge in [-0.05, 0) is 31.5 Å². The van der Waals surface area contributed by atoms with E-state index in [0.29, 0.717) is 18.8 Å². The number of anilines is 1. The van der Waals surface area contributed by atoms with E-state index in [-0.39, 0.29) is 29.8 Å². The van der Waals surface area contributed by atoms with Crippen LogP contribution in [0.4, 0.5) is 14.5 Å². The van der Waals surface area contributed by atoms with Gasteiger partial charge in [0.1, 0.15) is 11.6 Å². The van der Waals surface area contributed by atoms with E-state index in [1.165, 1.54) is 12.1 Å². The Balaban J connectivity index is 0.00000300. The highest BCUT2D eigenvalue weighted by atomic mass is 127. The van der Waals surface area contributed by atoms with Crippen LogP contribution in [-0.4, -0.2) is 88.4 Å². The van der Waals surface area contributed by atoms with Crippen LogP contribution in [0.2, 0.25) is 0 Å². The van der Waals surface area contributed by atoms with Crippen molar-refractivity contribution >= 4 is 35.6 Å². The highest BCUT2D eigenvalue weighted by Gasteiger charge is 2.22. The summed E-state index contributed by atoms with van der Waals surface area (Å²) >= 11 is 0. The predicted molar refractivity (Wildman–Crippen MR) is 123 cm³/mol. The summed E-state index contributed by atoms with van der Waals surface area (Å²) in [5.41, 5.74) is 0.339. The average molecular weight is 523 g/mol. The van der Waals surface area contributed by atoms with Gasteiger partial charge >= 0.3 is 0 Å². The second-order valence-corrected chi connectivity index (χ2v) is 7.20. The molecule has 0 spiro atoms. The van der Waals surface area contributed by atoms with Gasteiger partial charge in [0.2, 0.25) is 0 Å². The minimum absolute atomic E-state index is 0. The number of ether oxygens (including phenoxy) is 1. The second kappa shape index (κ2) is 12.5. The topological polar surface area (TPSA) is 43.3 Å². The molecule has 0 aliphatic carbocycles. The van der Waals surface area contributed by atoms with Crippen LogP contribution in [0, 0.1) is 11.6 Å². The maximum atomic E-state index is 14.0. The molecule has 0 atom stereocenters. The number of guanidine groups is 1. The van der Waals surface area contributed by atoms with Crippen LogP contribution in [0.3, 0.4) is 0 Å². The first-order chi connectivity index (χ1) is 13.7. The number of benzene rings is 1. The average Bonchev–Trinajstić information content (AvgIpc) is 2.73. The van der Waals surface area contributed by atoms with Crippen molar-refractivity contribution in [1.29, 1.82) is 0 Å². The van der Waals surface area contributed by atoms with E-state index in [9.17, 15) is 8.78 Å². The number of rotatable bonds is 6. The van der Waals surface area contributed by atoms with Crippen LogP contribution in [0.5, 0.6) is 0 Å². The number of morpholine rings is 1. The van der Waals surface area contributed by atoms with E-state index in [1.807, 2.05) is 4.90 Å². The lowest BCUT2D eigenvalue weighted by molar-refractivity contribution is 0.0372. The maximum absolute atomic E-state index is 14.0. The van der Waals surface area contributed by atoms with Gasteiger partial charge in [-0.1, -0.05) is 0 Å². The molecular weight excluding hydrogens is 491 g/mol. The molecule has 2 aliphatic heterocycles. The smallest absolute Gasteiger partial charge is 0.193 e. The van der Waals surface area contributed by atoms with Crippen LogP contribution >= 0.6 is 24.0 Å². The Labute approximate surface area is 189 Å². The number of unbranched alkanes of at least 4 members (excludes halogenated alkanes) is 1. The van der Waals surface area contributed by atoms with Gasteiger partial charge in [0.15, 0.2) is 5.96 Å². The second-order valence-electron chi connectivity index (χ2n) is 7.20. The molecule has 0 bridgehead atoms. The van der Waals surface area contributed by atoms with Crippen molar-refractivity contribution in [3.05, 3.63) is 29.8 Å². The zero-order valence-corrected chi connectivity index (χ0v) is 19.4. The number of hydrogen-bond donors (Lipinski definition) is 1. The van der Waals surface area contributed by atoms with Crippen molar-refractivity contribution in [1.82, 2.24) is 15.1 Å². The quantitative estimate of drug-likeness (QED) is 0.269. The van der Waals surface area contributed by atoms with Gasteiger partial charge in [0, 0.05) is 58.9 Å². The summed E-state index contributed by atoms with van der Waals surface area (Å²) in [6.45, 7) is 8.48. The van der Waals surface area contributed by atoms with E-state index < -0.39 is 5.82 Å². The van der Waals surface area contributed by atoms with Gasteiger partial charge in [-0.15, -0.1) is 24.0 Å². The van der Waals surface area contributed by atoms with E-state index >= 15 is 0 Å².